The molecule has 1 amide bonds. The molecule has 3 fully saturated rings. The van der Waals surface area contributed by atoms with E-state index in [2.05, 4.69) is 37.2 Å². The molecule has 1 aromatic carbocycles. The zero-order chi connectivity index (χ0) is 17.8. The van der Waals surface area contributed by atoms with Crippen molar-refractivity contribution in [1.29, 1.82) is 0 Å². The van der Waals surface area contributed by atoms with Crippen LogP contribution >= 0.6 is 0 Å². The van der Waals surface area contributed by atoms with Crippen LogP contribution in [0.15, 0.2) is 24.3 Å². The second-order valence-electron chi connectivity index (χ2n) is 8.92. The minimum Gasteiger partial charge on any atom is -0.391 e. The molecule has 2 N–H and O–H groups in total. The van der Waals surface area contributed by atoms with Gasteiger partial charge in [-0.25, -0.2) is 0 Å². The topological polar surface area (TPSA) is 52.6 Å². The third-order valence-corrected chi connectivity index (χ3v) is 6.52. The molecule has 1 aliphatic heterocycles. The molecule has 4 nitrogen and oxygen atoms in total. The fourth-order valence-electron chi connectivity index (χ4n) is 5.60. The Morgan fingerprint density at radius 2 is 2.08 bits per heavy atom. The first kappa shape index (κ1) is 17.0. The first-order valence-corrected chi connectivity index (χ1v) is 9.69. The Labute approximate surface area is 150 Å². The number of nitrogens with one attached hydrogen (secondary N) is 1. The predicted octanol–water partition coefficient (Wildman–Crippen LogP) is 2.77. The van der Waals surface area contributed by atoms with Crippen molar-refractivity contribution >= 4 is 5.91 Å². The molecule has 136 valence electrons. The molecule has 2 saturated carbocycles. The zero-order valence-electron chi connectivity index (χ0n) is 15.5. The first-order chi connectivity index (χ1) is 11.9. The van der Waals surface area contributed by atoms with E-state index in [9.17, 15) is 9.90 Å². The Morgan fingerprint density at radius 1 is 1.32 bits per heavy atom. The van der Waals surface area contributed by atoms with E-state index in [0.29, 0.717) is 17.9 Å². The summed E-state index contributed by atoms with van der Waals surface area (Å²) in [5.41, 5.74) is 2.16. The van der Waals surface area contributed by atoms with Crippen LogP contribution in [0.3, 0.4) is 0 Å². The van der Waals surface area contributed by atoms with Crippen molar-refractivity contribution < 1.29 is 9.90 Å². The largest absolute Gasteiger partial charge is 0.391 e. The monoisotopic (exact) mass is 342 g/mol. The van der Waals surface area contributed by atoms with E-state index in [4.69, 9.17) is 0 Å². The number of nitrogens with zero attached hydrogens (tertiary/aromatic N) is 1. The number of carbonyl (C=O) groups is 1. The van der Waals surface area contributed by atoms with Crippen molar-refractivity contribution in [2.75, 3.05) is 13.6 Å². The zero-order valence-corrected chi connectivity index (χ0v) is 15.5. The molecule has 0 aromatic heterocycles. The Kier molecular flexibility index (Phi) is 4.16. The molecule has 4 atom stereocenters. The van der Waals surface area contributed by atoms with Crippen molar-refractivity contribution in [2.45, 2.75) is 63.6 Å². The van der Waals surface area contributed by atoms with Gasteiger partial charge in [0, 0.05) is 23.6 Å². The van der Waals surface area contributed by atoms with Crippen LogP contribution in [0.25, 0.3) is 0 Å². The fraction of sp³-hybridized carbons (Fsp3) is 0.667. The third kappa shape index (κ3) is 3.00. The van der Waals surface area contributed by atoms with Crippen LogP contribution in [-0.2, 0) is 0 Å². The minimum atomic E-state index is -0.439. The van der Waals surface area contributed by atoms with Gasteiger partial charge >= 0.3 is 0 Å². The van der Waals surface area contributed by atoms with Crippen LogP contribution in [0.5, 0.6) is 0 Å². The van der Waals surface area contributed by atoms with E-state index in [1.807, 2.05) is 18.2 Å². The molecule has 4 rings (SSSR count). The Bertz CT molecular complexity index is 665. The van der Waals surface area contributed by atoms with Gasteiger partial charge in [0.25, 0.3) is 5.91 Å². The third-order valence-electron chi connectivity index (χ3n) is 6.52. The van der Waals surface area contributed by atoms with Crippen LogP contribution in [0.4, 0.5) is 0 Å². The van der Waals surface area contributed by atoms with Crippen LogP contribution in [0.2, 0.25) is 0 Å². The summed E-state index contributed by atoms with van der Waals surface area (Å²) in [6, 6.07) is 8.37. The first-order valence-electron chi connectivity index (χ1n) is 9.69. The van der Waals surface area contributed by atoms with Crippen LogP contribution in [0, 0.1) is 11.3 Å². The van der Waals surface area contributed by atoms with Gasteiger partial charge in [-0.15, -0.1) is 0 Å². The van der Waals surface area contributed by atoms with Crippen LogP contribution in [-0.4, -0.2) is 47.7 Å². The highest BCUT2D eigenvalue weighted by molar-refractivity contribution is 5.94. The maximum absolute atomic E-state index is 12.7. The van der Waals surface area contributed by atoms with E-state index < -0.39 is 6.10 Å². The standard InChI is InChI=1S/C21H30N2O2/c1-13(2)19-21(12-23(19)3)10-17(18(24)11-21)22-20(25)16-6-4-5-15(9-16)14-7-8-14/h4-6,9,13-14,17-19,24H,7-8,10-12H2,1-3H3,(H,22,25)/t17-,18-,19?,21?/m1/s1. The molecule has 1 aromatic rings. The lowest BCUT2D eigenvalue weighted by molar-refractivity contribution is -0.0827. The predicted molar refractivity (Wildman–Crippen MR) is 98.6 cm³/mol. The van der Waals surface area contributed by atoms with Gasteiger partial charge in [0.1, 0.15) is 0 Å². The summed E-state index contributed by atoms with van der Waals surface area (Å²) < 4.78 is 0. The number of amides is 1. The second kappa shape index (κ2) is 6.10. The molecule has 25 heavy (non-hydrogen) atoms. The number of likely N-dealkylation sites (tertiary alicyclic amines) is 1. The molecule has 2 unspecified atom stereocenters. The lowest BCUT2D eigenvalue weighted by Crippen LogP contribution is -2.64. The van der Waals surface area contributed by atoms with E-state index in [1.54, 1.807) is 0 Å². The lowest BCUT2D eigenvalue weighted by Gasteiger charge is -2.57. The summed E-state index contributed by atoms with van der Waals surface area (Å²) in [5.74, 6) is 1.17. The number of hydrogen-bond acceptors (Lipinski definition) is 3. The number of hydrogen-bond donors (Lipinski definition) is 2. The van der Waals surface area contributed by atoms with Gasteiger partial charge in [-0.05, 0) is 62.3 Å². The summed E-state index contributed by atoms with van der Waals surface area (Å²) in [6.07, 6.45) is 3.71. The van der Waals surface area contributed by atoms with Crippen molar-refractivity contribution in [1.82, 2.24) is 10.2 Å². The van der Waals surface area contributed by atoms with E-state index in [-0.39, 0.29) is 17.4 Å². The molecule has 2 aliphatic carbocycles. The van der Waals surface area contributed by atoms with Gasteiger partial charge in [-0.3, -0.25) is 4.79 Å². The van der Waals surface area contributed by atoms with Crippen LogP contribution in [0.1, 0.15) is 61.4 Å². The summed E-state index contributed by atoms with van der Waals surface area (Å²) in [6.45, 7) is 5.53. The smallest absolute Gasteiger partial charge is 0.251 e. The summed E-state index contributed by atoms with van der Waals surface area (Å²) in [5, 5.41) is 13.7. The van der Waals surface area contributed by atoms with Gasteiger partial charge in [-0.1, -0.05) is 26.0 Å². The molecule has 0 radical (unpaired) electrons. The van der Waals surface area contributed by atoms with Gasteiger partial charge in [0.2, 0.25) is 0 Å². The van der Waals surface area contributed by atoms with E-state index in [0.717, 1.165) is 24.9 Å². The molecule has 1 spiro atoms. The fourth-order valence-corrected chi connectivity index (χ4v) is 5.60. The molecule has 1 heterocycles. The van der Waals surface area contributed by atoms with Gasteiger partial charge in [0.15, 0.2) is 0 Å². The maximum atomic E-state index is 12.7. The maximum Gasteiger partial charge on any atom is 0.251 e. The summed E-state index contributed by atoms with van der Waals surface area (Å²) in [4.78, 5) is 15.1. The quantitative estimate of drug-likeness (QED) is 0.885. The molecule has 4 heteroatoms. The van der Waals surface area contributed by atoms with Crippen LogP contribution < -0.4 is 5.32 Å². The Hall–Kier alpha value is -1.39. The number of carbonyl (C=O) groups excluding carboxylic acids is 1. The summed E-state index contributed by atoms with van der Waals surface area (Å²) in [7, 11) is 2.16. The van der Waals surface area contributed by atoms with Crippen molar-refractivity contribution in [3.8, 4) is 0 Å². The highest BCUT2D eigenvalue weighted by atomic mass is 16.3. The normalized spacial score (nSPS) is 35.2. The average molecular weight is 342 g/mol. The van der Waals surface area contributed by atoms with Gasteiger partial charge in [-0.2, -0.15) is 0 Å². The second-order valence-corrected chi connectivity index (χ2v) is 8.92. The molecule has 0 bridgehead atoms. The van der Waals surface area contributed by atoms with Gasteiger partial charge in [0.05, 0.1) is 12.1 Å². The number of rotatable bonds is 4. The highest BCUT2D eigenvalue weighted by Gasteiger charge is 2.58. The molecular weight excluding hydrogens is 312 g/mol. The summed E-state index contributed by atoms with van der Waals surface area (Å²) >= 11 is 0. The molecular formula is C21H30N2O2. The molecule has 1 saturated heterocycles. The van der Waals surface area contributed by atoms with Gasteiger partial charge < -0.3 is 15.3 Å². The van der Waals surface area contributed by atoms with E-state index >= 15 is 0 Å². The highest BCUT2D eigenvalue weighted by Crippen LogP contribution is 2.52. The average Bonchev–Trinajstić information content (AvgIpc) is 3.33. The van der Waals surface area contributed by atoms with Crippen molar-refractivity contribution in [3.05, 3.63) is 35.4 Å². The number of benzene rings is 1. The number of aliphatic hydroxyl groups excluding tert-OH is 1. The molecule has 3 aliphatic rings. The minimum absolute atomic E-state index is 0.0441. The number of aliphatic hydroxyl groups is 1. The van der Waals surface area contributed by atoms with Crippen molar-refractivity contribution in [2.24, 2.45) is 11.3 Å². The SMILES string of the molecule is CC(C)C1N(C)CC12C[C@@H](O)[C@H](NC(=O)c1cccc(C3CC3)c1)C2. The van der Waals surface area contributed by atoms with Crippen molar-refractivity contribution in [3.63, 3.8) is 0 Å². The van der Waals surface area contributed by atoms with E-state index in [1.165, 1.54) is 18.4 Å². The Balaban J connectivity index is 1.44. The Morgan fingerprint density at radius 3 is 2.72 bits per heavy atom. The lowest BCUT2D eigenvalue weighted by atomic mass is 9.66.